The van der Waals surface area contributed by atoms with Crippen LogP contribution in [-0.4, -0.2) is 29.7 Å². The van der Waals surface area contributed by atoms with Gasteiger partial charge in [-0.15, -0.1) is 0 Å². The molecular weight excluding hydrogens is 306 g/mol. The minimum absolute atomic E-state index is 0.148. The van der Waals surface area contributed by atoms with Crippen molar-refractivity contribution in [3.8, 4) is 5.75 Å². The van der Waals surface area contributed by atoms with E-state index in [4.69, 9.17) is 9.26 Å². The van der Waals surface area contributed by atoms with Crippen molar-refractivity contribution in [2.75, 3.05) is 13.7 Å². The predicted molar refractivity (Wildman–Crippen MR) is 90.3 cm³/mol. The Labute approximate surface area is 139 Å². The molecule has 1 N–H and O–H groups in total. The maximum Gasteiger partial charge on any atom is 0.258 e. The van der Waals surface area contributed by atoms with E-state index < -0.39 is 0 Å². The lowest BCUT2D eigenvalue weighted by atomic mass is 10.1. The average molecular weight is 325 g/mol. The molecule has 3 rings (SSSR count). The third-order valence-corrected chi connectivity index (χ3v) is 3.85. The standard InChI is InChI=1S/C18H19N3O3/c1-11-10-15(16-12(2)21-24-18(16)20-11)17(22)19-9-8-13-4-6-14(23-3)7-5-13/h4-7,10H,8-9H2,1-3H3,(H,19,22). The molecule has 0 atom stereocenters. The lowest BCUT2D eigenvalue weighted by Crippen LogP contribution is -2.26. The second kappa shape index (κ2) is 6.70. The molecule has 6 nitrogen and oxygen atoms in total. The molecular formula is C18H19N3O3. The van der Waals surface area contributed by atoms with Crippen molar-refractivity contribution in [3.63, 3.8) is 0 Å². The Morgan fingerprint density at radius 2 is 2.00 bits per heavy atom. The van der Waals surface area contributed by atoms with E-state index in [9.17, 15) is 4.79 Å². The Bertz CT molecular complexity index is 869. The van der Waals surface area contributed by atoms with Crippen molar-refractivity contribution in [2.45, 2.75) is 20.3 Å². The lowest BCUT2D eigenvalue weighted by Gasteiger charge is -2.07. The number of rotatable bonds is 5. The Kier molecular flexibility index (Phi) is 4.46. The first-order valence-corrected chi connectivity index (χ1v) is 7.73. The van der Waals surface area contributed by atoms with E-state index >= 15 is 0 Å². The summed E-state index contributed by atoms with van der Waals surface area (Å²) < 4.78 is 10.3. The molecule has 124 valence electrons. The number of pyridine rings is 1. The third-order valence-electron chi connectivity index (χ3n) is 3.85. The number of nitrogens with zero attached hydrogens (tertiary/aromatic N) is 2. The largest absolute Gasteiger partial charge is 0.497 e. The van der Waals surface area contributed by atoms with Crippen LogP contribution in [0, 0.1) is 13.8 Å². The van der Waals surface area contributed by atoms with Crippen molar-refractivity contribution in [1.29, 1.82) is 0 Å². The topological polar surface area (TPSA) is 77.2 Å². The summed E-state index contributed by atoms with van der Waals surface area (Å²) in [6.07, 6.45) is 0.742. The quantitative estimate of drug-likeness (QED) is 0.780. The summed E-state index contributed by atoms with van der Waals surface area (Å²) in [7, 11) is 1.64. The molecule has 0 radical (unpaired) electrons. The average Bonchev–Trinajstić information content (AvgIpc) is 2.95. The molecule has 0 saturated heterocycles. The minimum atomic E-state index is -0.148. The number of ether oxygens (including phenoxy) is 1. The highest BCUT2D eigenvalue weighted by molar-refractivity contribution is 6.06. The van der Waals surface area contributed by atoms with Crippen LogP contribution in [0.25, 0.3) is 11.1 Å². The van der Waals surface area contributed by atoms with E-state index in [1.807, 2.05) is 31.2 Å². The van der Waals surface area contributed by atoms with E-state index in [-0.39, 0.29) is 5.91 Å². The van der Waals surface area contributed by atoms with Gasteiger partial charge in [-0.2, -0.15) is 0 Å². The second-order valence-electron chi connectivity index (χ2n) is 5.61. The number of fused-ring (bicyclic) bond motifs is 1. The van der Waals surface area contributed by atoms with Gasteiger partial charge in [-0.1, -0.05) is 17.3 Å². The monoisotopic (exact) mass is 325 g/mol. The molecule has 2 heterocycles. The first kappa shape index (κ1) is 16.0. The van der Waals surface area contributed by atoms with Crippen LogP contribution in [0.15, 0.2) is 34.9 Å². The molecule has 0 aliphatic carbocycles. The molecule has 3 aromatic rings. The van der Waals surface area contributed by atoms with Crippen LogP contribution in [0.5, 0.6) is 5.75 Å². The zero-order valence-corrected chi connectivity index (χ0v) is 13.9. The highest BCUT2D eigenvalue weighted by Gasteiger charge is 2.17. The van der Waals surface area contributed by atoms with Gasteiger partial charge in [-0.05, 0) is 44.0 Å². The number of carbonyl (C=O) groups excluding carboxylic acids is 1. The number of amides is 1. The van der Waals surface area contributed by atoms with Crippen LogP contribution >= 0.6 is 0 Å². The molecule has 1 amide bonds. The summed E-state index contributed by atoms with van der Waals surface area (Å²) in [5.41, 5.74) is 3.46. The van der Waals surface area contributed by atoms with E-state index in [0.29, 0.717) is 28.9 Å². The van der Waals surface area contributed by atoms with Gasteiger partial charge in [-0.25, -0.2) is 4.98 Å². The van der Waals surface area contributed by atoms with Crippen LogP contribution in [0.2, 0.25) is 0 Å². The Morgan fingerprint density at radius 3 is 2.71 bits per heavy atom. The van der Waals surface area contributed by atoms with Gasteiger partial charge in [0.1, 0.15) is 5.75 Å². The zero-order valence-electron chi connectivity index (χ0n) is 13.9. The van der Waals surface area contributed by atoms with Gasteiger partial charge in [0.05, 0.1) is 23.8 Å². The number of nitrogens with one attached hydrogen (secondary N) is 1. The molecule has 6 heteroatoms. The fraction of sp³-hybridized carbons (Fsp3) is 0.278. The van der Waals surface area contributed by atoms with E-state index in [1.165, 1.54) is 0 Å². The number of methoxy groups -OCH3 is 1. The molecule has 0 unspecified atom stereocenters. The maximum absolute atomic E-state index is 12.5. The van der Waals surface area contributed by atoms with Crippen molar-refractivity contribution in [2.24, 2.45) is 0 Å². The number of hydrogen-bond donors (Lipinski definition) is 1. The third kappa shape index (κ3) is 3.22. The highest BCUT2D eigenvalue weighted by atomic mass is 16.5. The highest BCUT2D eigenvalue weighted by Crippen LogP contribution is 2.21. The van der Waals surface area contributed by atoms with Crippen molar-refractivity contribution >= 4 is 17.0 Å². The lowest BCUT2D eigenvalue weighted by molar-refractivity contribution is 0.0955. The number of benzene rings is 1. The van der Waals surface area contributed by atoms with Crippen LogP contribution in [-0.2, 0) is 6.42 Å². The van der Waals surface area contributed by atoms with Gasteiger partial charge in [0.25, 0.3) is 11.6 Å². The Balaban J connectivity index is 1.70. The van der Waals surface area contributed by atoms with Crippen LogP contribution in [0.1, 0.15) is 27.3 Å². The summed E-state index contributed by atoms with van der Waals surface area (Å²) in [5.74, 6) is 0.672. The first-order chi connectivity index (χ1) is 11.6. The second-order valence-corrected chi connectivity index (χ2v) is 5.61. The van der Waals surface area contributed by atoms with Crippen LogP contribution < -0.4 is 10.1 Å². The van der Waals surface area contributed by atoms with Gasteiger partial charge in [-0.3, -0.25) is 4.79 Å². The molecule has 0 aliphatic rings. The minimum Gasteiger partial charge on any atom is -0.497 e. The molecule has 0 bridgehead atoms. The molecule has 1 aromatic carbocycles. The van der Waals surface area contributed by atoms with E-state index in [0.717, 1.165) is 23.4 Å². The summed E-state index contributed by atoms with van der Waals surface area (Å²) >= 11 is 0. The van der Waals surface area contributed by atoms with Crippen molar-refractivity contribution < 1.29 is 14.1 Å². The van der Waals surface area contributed by atoms with Crippen molar-refractivity contribution in [3.05, 3.63) is 52.8 Å². The fourth-order valence-corrected chi connectivity index (χ4v) is 2.60. The fourth-order valence-electron chi connectivity index (χ4n) is 2.60. The normalized spacial score (nSPS) is 10.8. The smallest absolute Gasteiger partial charge is 0.258 e. The summed E-state index contributed by atoms with van der Waals surface area (Å²) in [6, 6.07) is 9.56. The van der Waals surface area contributed by atoms with Gasteiger partial charge in [0, 0.05) is 12.2 Å². The van der Waals surface area contributed by atoms with Crippen LogP contribution in [0.3, 0.4) is 0 Å². The number of aromatic nitrogens is 2. The maximum atomic E-state index is 12.5. The Morgan fingerprint density at radius 1 is 1.25 bits per heavy atom. The van der Waals surface area contributed by atoms with Crippen molar-refractivity contribution in [1.82, 2.24) is 15.5 Å². The predicted octanol–water partition coefficient (Wildman–Crippen LogP) is 2.82. The molecule has 0 aliphatic heterocycles. The van der Waals surface area contributed by atoms with E-state index in [2.05, 4.69) is 15.5 Å². The molecule has 0 fully saturated rings. The molecule has 24 heavy (non-hydrogen) atoms. The molecule has 0 spiro atoms. The van der Waals surface area contributed by atoms with E-state index in [1.54, 1.807) is 20.1 Å². The van der Waals surface area contributed by atoms with Gasteiger partial charge < -0.3 is 14.6 Å². The van der Waals surface area contributed by atoms with Crippen LogP contribution in [0.4, 0.5) is 0 Å². The number of hydrogen-bond acceptors (Lipinski definition) is 5. The number of aryl methyl sites for hydroxylation is 2. The summed E-state index contributed by atoms with van der Waals surface area (Å²) in [4.78, 5) is 16.8. The summed E-state index contributed by atoms with van der Waals surface area (Å²) in [6.45, 7) is 4.17. The molecule has 2 aromatic heterocycles. The first-order valence-electron chi connectivity index (χ1n) is 7.73. The number of carbonyl (C=O) groups is 1. The van der Waals surface area contributed by atoms with Gasteiger partial charge >= 0.3 is 0 Å². The van der Waals surface area contributed by atoms with Gasteiger partial charge in [0.15, 0.2) is 0 Å². The SMILES string of the molecule is COc1ccc(CCNC(=O)c2cc(C)nc3onc(C)c23)cc1. The summed E-state index contributed by atoms with van der Waals surface area (Å²) in [5, 5.41) is 7.51. The zero-order chi connectivity index (χ0) is 17.1. The Hall–Kier alpha value is -2.89. The molecule has 0 saturated carbocycles. The van der Waals surface area contributed by atoms with Gasteiger partial charge in [0.2, 0.25) is 0 Å².